The van der Waals surface area contributed by atoms with Gasteiger partial charge in [-0.2, -0.15) is 0 Å². The van der Waals surface area contributed by atoms with Crippen molar-refractivity contribution in [3.05, 3.63) is 24.3 Å². The second-order valence-electron chi connectivity index (χ2n) is 9.06. The van der Waals surface area contributed by atoms with E-state index in [0.29, 0.717) is 25.7 Å². The Morgan fingerprint density at radius 1 is 1.24 bits per heavy atom. The highest BCUT2D eigenvalue weighted by Gasteiger charge is 2.42. The standard InChI is InChI=1S/C24H40O5/c1-5-6-9-12-18(25)15-16-20-19(13-10-7-8-11-14-23(27)28)21(26)17-22(20)29-24(2,3)4/h7,10,15-16,18-20,22,25H,5-6,8-9,11-14,17H2,1-4H3,(H,27,28)/t18?,19-,20-,22?/m1/s1. The van der Waals surface area contributed by atoms with Gasteiger partial charge in [0.1, 0.15) is 5.78 Å². The van der Waals surface area contributed by atoms with Gasteiger partial charge in [0.25, 0.3) is 0 Å². The average Bonchev–Trinajstić information content (AvgIpc) is 2.89. The fraction of sp³-hybridized carbons (Fsp3) is 0.750. The fourth-order valence-corrected chi connectivity index (χ4v) is 3.77. The Balaban J connectivity index is 2.75. The summed E-state index contributed by atoms with van der Waals surface area (Å²) < 4.78 is 6.17. The molecular weight excluding hydrogens is 368 g/mol. The first-order valence-electron chi connectivity index (χ1n) is 11.1. The molecule has 5 nitrogen and oxygen atoms in total. The Morgan fingerprint density at radius 3 is 2.59 bits per heavy atom. The van der Waals surface area contributed by atoms with E-state index in [-0.39, 0.29) is 35.7 Å². The van der Waals surface area contributed by atoms with E-state index >= 15 is 0 Å². The van der Waals surface area contributed by atoms with Crippen molar-refractivity contribution in [2.24, 2.45) is 11.8 Å². The number of rotatable bonds is 13. The number of aliphatic hydroxyl groups excluding tert-OH is 1. The van der Waals surface area contributed by atoms with Crippen molar-refractivity contribution in [2.45, 2.75) is 103 Å². The molecule has 1 saturated carbocycles. The normalized spacial score (nSPS) is 24.0. The molecule has 0 aromatic rings. The molecule has 1 fully saturated rings. The molecule has 4 atom stereocenters. The summed E-state index contributed by atoms with van der Waals surface area (Å²) in [5, 5.41) is 18.9. The number of aliphatic carboxylic acids is 1. The number of carbonyl (C=O) groups is 2. The van der Waals surface area contributed by atoms with Crippen molar-refractivity contribution < 1.29 is 24.5 Å². The highest BCUT2D eigenvalue weighted by atomic mass is 16.5. The predicted molar refractivity (Wildman–Crippen MR) is 116 cm³/mol. The number of ketones is 1. The summed E-state index contributed by atoms with van der Waals surface area (Å²) in [6.07, 6.45) is 13.6. The monoisotopic (exact) mass is 408 g/mol. The largest absolute Gasteiger partial charge is 0.481 e. The van der Waals surface area contributed by atoms with E-state index < -0.39 is 12.1 Å². The zero-order chi connectivity index (χ0) is 21.9. The topological polar surface area (TPSA) is 83.8 Å². The molecule has 2 unspecified atom stereocenters. The summed E-state index contributed by atoms with van der Waals surface area (Å²) in [6, 6.07) is 0. The number of ether oxygens (including phenoxy) is 1. The van der Waals surface area contributed by atoms with Gasteiger partial charge in [0.2, 0.25) is 0 Å². The van der Waals surface area contributed by atoms with Crippen molar-refractivity contribution in [1.82, 2.24) is 0 Å². The molecule has 0 radical (unpaired) electrons. The summed E-state index contributed by atoms with van der Waals surface area (Å²) in [6.45, 7) is 8.12. The minimum atomic E-state index is -0.783. The lowest BCUT2D eigenvalue weighted by Crippen LogP contribution is -2.30. The van der Waals surface area contributed by atoms with Crippen LogP contribution in [0.4, 0.5) is 0 Å². The highest BCUT2D eigenvalue weighted by Crippen LogP contribution is 2.37. The lowest BCUT2D eigenvalue weighted by Gasteiger charge is -2.28. The van der Waals surface area contributed by atoms with Gasteiger partial charge in [0.15, 0.2) is 0 Å². The maximum absolute atomic E-state index is 12.7. The van der Waals surface area contributed by atoms with E-state index in [1.165, 1.54) is 0 Å². The minimum absolute atomic E-state index is 0.0498. The van der Waals surface area contributed by atoms with E-state index in [2.05, 4.69) is 6.92 Å². The smallest absolute Gasteiger partial charge is 0.303 e. The Labute approximate surface area is 176 Å². The first-order valence-corrected chi connectivity index (χ1v) is 11.1. The first-order chi connectivity index (χ1) is 13.6. The van der Waals surface area contributed by atoms with Crippen LogP contribution in [0, 0.1) is 11.8 Å². The number of carboxylic acids is 1. The molecule has 1 aliphatic rings. The summed E-state index contributed by atoms with van der Waals surface area (Å²) in [5.41, 5.74) is -0.335. The van der Waals surface area contributed by atoms with Crippen LogP contribution in [0.3, 0.4) is 0 Å². The molecular formula is C24H40O5. The molecule has 0 heterocycles. The number of hydrogen-bond donors (Lipinski definition) is 2. The maximum atomic E-state index is 12.7. The number of allylic oxidation sites excluding steroid dienone is 2. The maximum Gasteiger partial charge on any atom is 0.303 e. The minimum Gasteiger partial charge on any atom is -0.481 e. The number of aliphatic hydroxyl groups is 1. The molecule has 29 heavy (non-hydrogen) atoms. The summed E-state index contributed by atoms with van der Waals surface area (Å²) in [7, 11) is 0. The quantitative estimate of drug-likeness (QED) is 0.328. The lowest BCUT2D eigenvalue weighted by molar-refractivity contribution is -0.137. The van der Waals surface area contributed by atoms with E-state index in [1.807, 2.05) is 45.1 Å². The van der Waals surface area contributed by atoms with Gasteiger partial charge in [0.05, 0.1) is 17.8 Å². The molecule has 0 aliphatic heterocycles. The number of carboxylic acid groups (broad SMARTS) is 1. The summed E-state index contributed by atoms with van der Waals surface area (Å²) in [4.78, 5) is 23.2. The molecule has 0 aromatic heterocycles. The van der Waals surface area contributed by atoms with Crippen LogP contribution >= 0.6 is 0 Å². The van der Waals surface area contributed by atoms with E-state index in [1.54, 1.807) is 0 Å². The molecule has 1 aliphatic carbocycles. The first kappa shape index (κ1) is 25.6. The van der Waals surface area contributed by atoms with Crippen molar-refractivity contribution in [3.8, 4) is 0 Å². The van der Waals surface area contributed by atoms with Gasteiger partial charge in [0, 0.05) is 24.7 Å². The van der Waals surface area contributed by atoms with Crippen molar-refractivity contribution >= 4 is 11.8 Å². The van der Waals surface area contributed by atoms with Crippen molar-refractivity contribution in [1.29, 1.82) is 0 Å². The predicted octanol–water partition coefficient (Wildman–Crippen LogP) is 5.07. The fourth-order valence-electron chi connectivity index (χ4n) is 3.77. The molecule has 0 amide bonds. The third kappa shape index (κ3) is 10.8. The number of hydrogen-bond acceptors (Lipinski definition) is 4. The number of unbranched alkanes of at least 4 members (excludes halogenated alkanes) is 3. The van der Waals surface area contributed by atoms with Crippen molar-refractivity contribution in [3.63, 3.8) is 0 Å². The zero-order valence-corrected chi connectivity index (χ0v) is 18.6. The van der Waals surface area contributed by atoms with Crippen molar-refractivity contribution in [2.75, 3.05) is 0 Å². The van der Waals surface area contributed by atoms with Gasteiger partial charge in [-0.3, -0.25) is 9.59 Å². The number of carbonyl (C=O) groups excluding carboxylic acids is 1. The molecule has 0 bridgehead atoms. The summed E-state index contributed by atoms with van der Waals surface area (Å²) in [5.74, 6) is -0.790. The molecule has 166 valence electrons. The average molecular weight is 409 g/mol. The summed E-state index contributed by atoms with van der Waals surface area (Å²) >= 11 is 0. The molecule has 1 rings (SSSR count). The van der Waals surface area contributed by atoms with Crippen LogP contribution in [-0.4, -0.2) is 39.8 Å². The third-order valence-electron chi connectivity index (χ3n) is 5.19. The van der Waals surface area contributed by atoms with E-state index in [4.69, 9.17) is 9.84 Å². The van der Waals surface area contributed by atoms with Gasteiger partial charge in [-0.1, -0.05) is 50.5 Å². The SMILES string of the molecule is CCCCCC(O)C=C[C@H]1C(OC(C)(C)C)CC(=O)[C@@H]1CC=CCCCC(=O)O. The molecule has 2 N–H and O–H groups in total. The van der Waals surface area contributed by atoms with Crippen LogP contribution in [0.5, 0.6) is 0 Å². The Bertz CT molecular complexity index is 558. The second-order valence-corrected chi connectivity index (χ2v) is 9.06. The van der Waals surface area contributed by atoms with Crippen LogP contribution < -0.4 is 0 Å². The van der Waals surface area contributed by atoms with E-state index in [0.717, 1.165) is 25.7 Å². The Kier molecular flexibility index (Phi) is 11.4. The van der Waals surface area contributed by atoms with Crippen LogP contribution in [0.15, 0.2) is 24.3 Å². The van der Waals surface area contributed by atoms with Crippen LogP contribution in [-0.2, 0) is 14.3 Å². The van der Waals surface area contributed by atoms with Gasteiger partial charge < -0.3 is 14.9 Å². The Hall–Kier alpha value is -1.46. The van der Waals surface area contributed by atoms with Gasteiger partial charge in [-0.25, -0.2) is 0 Å². The molecule has 0 aromatic carbocycles. The molecule has 0 saturated heterocycles. The van der Waals surface area contributed by atoms with Gasteiger partial charge in [-0.05, 0) is 46.5 Å². The van der Waals surface area contributed by atoms with Crippen LogP contribution in [0.2, 0.25) is 0 Å². The molecule has 0 spiro atoms. The second kappa shape index (κ2) is 13.0. The highest BCUT2D eigenvalue weighted by molar-refractivity contribution is 5.85. The van der Waals surface area contributed by atoms with Gasteiger partial charge >= 0.3 is 5.97 Å². The van der Waals surface area contributed by atoms with Gasteiger partial charge in [-0.15, -0.1) is 0 Å². The molecule has 5 heteroatoms. The third-order valence-corrected chi connectivity index (χ3v) is 5.19. The lowest BCUT2D eigenvalue weighted by atomic mass is 9.89. The van der Waals surface area contributed by atoms with E-state index in [9.17, 15) is 14.7 Å². The Morgan fingerprint density at radius 2 is 1.97 bits per heavy atom. The van der Waals surface area contributed by atoms with Crippen LogP contribution in [0.1, 0.15) is 85.5 Å². The zero-order valence-electron chi connectivity index (χ0n) is 18.6. The van der Waals surface area contributed by atoms with Crippen LogP contribution in [0.25, 0.3) is 0 Å². The number of Topliss-reactive ketones (excluding diaryl/α,β-unsaturated/α-hetero) is 1.